The number of ether oxygens (including phenoxy) is 2. The van der Waals surface area contributed by atoms with E-state index in [1.165, 1.54) is 13.2 Å². The number of rotatable bonds is 9. The number of carbonyl (C=O) groups excluding carboxylic acids is 2. The molecule has 1 rings (SSSR count). The summed E-state index contributed by atoms with van der Waals surface area (Å²) >= 11 is 5.83. The molecule has 0 saturated heterocycles. The average molecular weight is 340 g/mol. The van der Waals surface area contributed by atoms with Crippen LogP contribution in [-0.4, -0.2) is 50.7 Å². The van der Waals surface area contributed by atoms with Gasteiger partial charge in [0.2, 0.25) is 5.91 Å². The van der Waals surface area contributed by atoms with Crippen LogP contribution < -0.4 is 0 Å². The van der Waals surface area contributed by atoms with Gasteiger partial charge in [-0.15, -0.1) is 0 Å². The highest BCUT2D eigenvalue weighted by molar-refractivity contribution is 6.30. The molecular formula is C17H22ClNO4. The predicted molar refractivity (Wildman–Crippen MR) is 90.2 cm³/mol. The first-order valence-electron chi connectivity index (χ1n) is 7.35. The van der Waals surface area contributed by atoms with Crippen LogP contribution in [0.1, 0.15) is 18.4 Å². The maximum atomic E-state index is 12.3. The van der Waals surface area contributed by atoms with Crippen LogP contribution in [0.3, 0.4) is 0 Å². The van der Waals surface area contributed by atoms with E-state index < -0.39 is 0 Å². The Morgan fingerprint density at radius 2 is 1.87 bits per heavy atom. The van der Waals surface area contributed by atoms with E-state index in [9.17, 15) is 9.59 Å². The quantitative estimate of drug-likeness (QED) is 0.394. The fourth-order valence-corrected chi connectivity index (χ4v) is 2.03. The molecular weight excluding hydrogens is 318 g/mol. The van der Waals surface area contributed by atoms with Crippen LogP contribution in [0.5, 0.6) is 0 Å². The minimum Gasteiger partial charge on any atom is -0.469 e. The third-order valence-electron chi connectivity index (χ3n) is 3.19. The number of esters is 1. The van der Waals surface area contributed by atoms with Crippen LogP contribution in [0, 0.1) is 0 Å². The van der Waals surface area contributed by atoms with E-state index in [1.807, 2.05) is 12.1 Å². The Morgan fingerprint density at radius 3 is 2.48 bits per heavy atom. The molecule has 1 aromatic rings. The molecule has 5 nitrogen and oxygen atoms in total. The molecule has 1 aromatic carbocycles. The number of benzene rings is 1. The highest BCUT2D eigenvalue weighted by Gasteiger charge is 2.12. The van der Waals surface area contributed by atoms with Crippen LogP contribution in [0.25, 0.3) is 6.08 Å². The fraction of sp³-hybridized carbons (Fsp3) is 0.412. The van der Waals surface area contributed by atoms with Gasteiger partial charge >= 0.3 is 5.97 Å². The number of hydrogen-bond acceptors (Lipinski definition) is 4. The van der Waals surface area contributed by atoms with Gasteiger partial charge in [-0.1, -0.05) is 23.7 Å². The van der Waals surface area contributed by atoms with Crippen molar-refractivity contribution >= 4 is 29.6 Å². The molecule has 0 aliphatic carbocycles. The first-order valence-corrected chi connectivity index (χ1v) is 7.73. The van der Waals surface area contributed by atoms with Crippen molar-refractivity contribution in [3.63, 3.8) is 0 Å². The van der Waals surface area contributed by atoms with E-state index in [2.05, 4.69) is 4.74 Å². The van der Waals surface area contributed by atoms with E-state index in [-0.39, 0.29) is 18.3 Å². The zero-order valence-corrected chi connectivity index (χ0v) is 14.2. The highest BCUT2D eigenvalue weighted by atomic mass is 35.5. The van der Waals surface area contributed by atoms with Gasteiger partial charge in [-0.05, 0) is 30.2 Å². The lowest BCUT2D eigenvalue weighted by molar-refractivity contribution is -0.141. The summed E-state index contributed by atoms with van der Waals surface area (Å²) in [5.41, 5.74) is 0.882. The van der Waals surface area contributed by atoms with E-state index in [1.54, 1.807) is 30.2 Å². The normalized spacial score (nSPS) is 10.7. The van der Waals surface area contributed by atoms with Gasteiger partial charge in [0, 0.05) is 37.9 Å². The summed E-state index contributed by atoms with van der Waals surface area (Å²) in [4.78, 5) is 25.2. The van der Waals surface area contributed by atoms with E-state index in [0.29, 0.717) is 31.1 Å². The smallest absolute Gasteiger partial charge is 0.307 e. The molecule has 6 heteroatoms. The fourth-order valence-electron chi connectivity index (χ4n) is 1.91. The minimum atomic E-state index is -0.337. The summed E-state index contributed by atoms with van der Waals surface area (Å²) in [6, 6.07) is 7.18. The molecule has 0 bridgehead atoms. The van der Waals surface area contributed by atoms with Crippen molar-refractivity contribution in [2.24, 2.45) is 0 Å². The second kappa shape index (κ2) is 10.8. The number of halogens is 1. The van der Waals surface area contributed by atoms with Gasteiger partial charge in [-0.2, -0.15) is 0 Å². The SMILES string of the molecule is COCCCN(CCC(=O)OC)C(=O)/C=C/c1ccc(Cl)cc1. The zero-order chi connectivity index (χ0) is 17.1. The van der Waals surface area contributed by atoms with Gasteiger partial charge in [0.05, 0.1) is 13.5 Å². The van der Waals surface area contributed by atoms with Crippen molar-refractivity contribution in [1.29, 1.82) is 0 Å². The molecule has 126 valence electrons. The Kier molecular flexibility index (Phi) is 9.02. The lowest BCUT2D eigenvalue weighted by atomic mass is 10.2. The number of carbonyl (C=O) groups is 2. The first-order chi connectivity index (χ1) is 11.1. The van der Waals surface area contributed by atoms with Crippen LogP contribution in [0.2, 0.25) is 5.02 Å². The summed E-state index contributed by atoms with van der Waals surface area (Å²) in [7, 11) is 2.95. The average Bonchev–Trinajstić information content (AvgIpc) is 2.56. The maximum absolute atomic E-state index is 12.3. The Balaban J connectivity index is 2.64. The Bertz CT molecular complexity index is 528. The van der Waals surface area contributed by atoms with Crippen molar-refractivity contribution in [3.05, 3.63) is 40.9 Å². The van der Waals surface area contributed by atoms with Crippen molar-refractivity contribution in [3.8, 4) is 0 Å². The van der Waals surface area contributed by atoms with Crippen LogP contribution in [0.15, 0.2) is 30.3 Å². The van der Waals surface area contributed by atoms with Crippen molar-refractivity contribution < 1.29 is 19.1 Å². The summed E-state index contributed by atoms with van der Waals surface area (Å²) < 4.78 is 9.61. The summed E-state index contributed by atoms with van der Waals surface area (Å²) in [6.07, 6.45) is 4.09. The van der Waals surface area contributed by atoms with E-state index in [0.717, 1.165) is 5.56 Å². The highest BCUT2D eigenvalue weighted by Crippen LogP contribution is 2.11. The molecule has 0 heterocycles. The van der Waals surface area contributed by atoms with Gasteiger partial charge in [0.1, 0.15) is 0 Å². The molecule has 0 spiro atoms. The lowest BCUT2D eigenvalue weighted by Crippen LogP contribution is -2.33. The molecule has 0 radical (unpaired) electrons. The lowest BCUT2D eigenvalue weighted by Gasteiger charge is -2.20. The van der Waals surface area contributed by atoms with Crippen molar-refractivity contribution in [2.45, 2.75) is 12.8 Å². The van der Waals surface area contributed by atoms with Crippen LogP contribution >= 0.6 is 11.6 Å². The number of hydrogen-bond donors (Lipinski definition) is 0. The third-order valence-corrected chi connectivity index (χ3v) is 3.44. The zero-order valence-electron chi connectivity index (χ0n) is 13.5. The molecule has 0 fully saturated rings. The molecule has 0 aliphatic heterocycles. The number of nitrogens with zero attached hydrogens (tertiary/aromatic N) is 1. The Morgan fingerprint density at radius 1 is 1.17 bits per heavy atom. The molecule has 0 atom stereocenters. The standard InChI is InChI=1S/C17H22ClNO4/c1-22-13-3-11-19(12-10-17(21)23-2)16(20)9-6-14-4-7-15(18)8-5-14/h4-9H,3,10-13H2,1-2H3/b9-6+. The summed E-state index contributed by atoms with van der Waals surface area (Å²) in [5, 5.41) is 0.646. The van der Waals surface area contributed by atoms with Gasteiger partial charge in [0.15, 0.2) is 0 Å². The van der Waals surface area contributed by atoms with Gasteiger partial charge in [-0.25, -0.2) is 0 Å². The van der Waals surface area contributed by atoms with Crippen LogP contribution in [0.4, 0.5) is 0 Å². The van der Waals surface area contributed by atoms with Crippen molar-refractivity contribution in [1.82, 2.24) is 4.90 Å². The second-order valence-electron chi connectivity index (χ2n) is 4.88. The minimum absolute atomic E-state index is 0.153. The van der Waals surface area contributed by atoms with E-state index >= 15 is 0 Å². The number of methoxy groups -OCH3 is 2. The number of amides is 1. The van der Waals surface area contributed by atoms with Gasteiger partial charge in [-0.3, -0.25) is 9.59 Å². The molecule has 0 N–H and O–H groups in total. The topological polar surface area (TPSA) is 55.8 Å². The van der Waals surface area contributed by atoms with E-state index in [4.69, 9.17) is 16.3 Å². The molecule has 1 amide bonds. The Labute approximate surface area is 141 Å². The van der Waals surface area contributed by atoms with Gasteiger partial charge < -0.3 is 14.4 Å². The summed E-state index contributed by atoms with van der Waals surface area (Å²) in [6.45, 7) is 1.40. The third kappa shape index (κ3) is 7.81. The van der Waals surface area contributed by atoms with Crippen LogP contribution in [-0.2, 0) is 19.1 Å². The Hall–Kier alpha value is -1.85. The predicted octanol–water partition coefficient (Wildman–Crippen LogP) is 2.78. The second-order valence-corrected chi connectivity index (χ2v) is 5.32. The molecule has 23 heavy (non-hydrogen) atoms. The monoisotopic (exact) mass is 339 g/mol. The molecule has 0 saturated carbocycles. The first kappa shape index (κ1) is 19.2. The largest absolute Gasteiger partial charge is 0.469 e. The summed E-state index contributed by atoms with van der Waals surface area (Å²) in [5.74, 6) is -0.490. The maximum Gasteiger partial charge on any atom is 0.307 e. The van der Waals surface area contributed by atoms with Crippen molar-refractivity contribution in [2.75, 3.05) is 33.9 Å². The van der Waals surface area contributed by atoms with Gasteiger partial charge in [0.25, 0.3) is 0 Å². The molecule has 0 aromatic heterocycles. The molecule has 0 aliphatic rings. The molecule has 0 unspecified atom stereocenters.